The summed E-state index contributed by atoms with van der Waals surface area (Å²) in [5.41, 5.74) is 1.63. The maximum Gasteiger partial charge on any atom is 0.0162 e. The van der Waals surface area contributed by atoms with Gasteiger partial charge in [-0.25, -0.2) is 0 Å². The van der Waals surface area contributed by atoms with Crippen molar-refractivity contribution in [1.29, 1.82) is 0 Å². The number of likely N-dealkylation sites (N-methyl/N-ethyl adjacent to an activating group) is 1. The second kappa shape index (κ2) is 3.02. The van der Waals surface area contributed by atoms with Gasteiger partial charge in [-0.3, -0.25) is 0 Å². The summed E-state index contributed by atoms with van der Waals surface area (Å²) in [7, 11) is 2.17. The molecule has 0 amide bonds. The molecule has 0 fully saturated rings. The minimum Gasteiger partial charge on any atom is -0.302 e. The third-order valence-corrected chi connectivity index (χ3v) is 1.96. The lowest BCUT2D eigenvalue weighted by atomic mass is 10.1. The van der Waals surface area contributed by atoms with Gasteiger partial charge < -0.3 is 4.90 Å². The van der Waals surface area contributed by atoms with E-state index in [-0.39, 0.29) is 0 Å². The fourth-order valence-corrected chi connectivity index (χ4v) is 1.13. The number of rotatable bonds is 1. The first-order valence-electron chi connectivity index (χ1n) is 3.69. The molecular formula is C8H15N. The van der Waals surface area contributed by atoms with E-state index in [4.69, 9.17) is 0 Å². The maximum absolute atomic E-state index is 2.35. The summed E-state index contributed by atoms with van der Waals surface area (Å²) in [6, 6.07) is 0. The molecule has 1 aliphatic heterocycles. The minimum absolute atomic E-state index is 1.16. The predicted molar refractivity (Wildman–Crippen MR) is 40.5 cm³/mol. The van der Waals surface area contributed by atoms with Crippen LogP contribution in [0.1, 0.15) is 19.8 Å². The van der Waals surface area contributed by atoms with Crippen LogP contribution in [0.2, 0.25) is 0 Å². The van der Waals surface area contributed by atoms with Gasteiger partial charge >= 0.3 is 0 Å². The van der Waals surface area contributed by atoms with Crippen LogP contribution in [-0.2, 0) is 0 Å². The molecule has 1 heteroatoms. The lowest BCUT2D eigenvalue weighted by Crippen LogP contribution is -2.23. The Kier molecular flexibility index (Phi) is 2.29. The molecule has 52 valence electrons. The quantitative estimate of drug-likeness (QED) is 0.482. The highest BCUT2D eigenvalue weighted by atomic mass is 15.1. The molecule has 0 spiro atoms. The van der Waals surface area contributed by atoms with Crippen molar-refractivity contribution in [1.82, 2.24) is 4.90 Å². The summed E-state index contributed by atoms with van der Waals surface area (Å²) < 4.78 is 0. The van der Waals surface area contributed by atoms with Crippen molar-refractivity contribution in [2.75, 3.05) is 20.1 Å². The highest BCUT2D eigenvalue weighted by molar-refractivity contribution is 5.05. The van der Waals surface area contributed by atoms with Crippen LogP contribution in [0.4, 0.5) is 0 Å². The molecular weight excluding hydrogens is 110 g/mol. The van der Waals surface area contributed by atoms with Gasteiger partial charge in [-0.2, -0.15) is 0 Å². The Morgan fingerprint density at radius 2 is 2.44 bits per heavy atom. The first kappa shape index (κ1) is 6.81. The normalized spacial score (nSPS) is 21.8. The molecule has 0 unspecified atom stereocenters. The molecule has 0 aromatic heterocycles. The van der Waals surface area contributed by atoms with Crippen LogP contribution in [0.25, 0.3) is 0 Å². The number of hydrogen-bond donors (Lipinski definition) is 0. The molecule has 1 nitrogen and oxygen atoms in total. The van der Waals surface area contributed by atoms with E-state index in [0.29, 0.717) is 0 Å². The van der Waals surface area contributed by atoms with Gasteiger partial charge in [0, 0.05) is 13.1 Å². The van der Waals surface area contributed by atoms with Gasteiger partial charge in [0.15, 0.2) is 0 Å². The fraction of sp³-hybridized carbons (Fsp3) is 0.750. The predicted octanol–water partition coefficient (Wildman–Crippen LogP) is 1.66. The Morgan fingerprint density at radius 3 is 2.89 bits per heavy atom. The molecule has 0 N–H and O–H groups in total. The first-order valence-corrected chi connectivity index (χ1v) is 3.69. The van der Waals surface area contributed by atoms with Crippen molar-refractivity contribution in [2.45, 2.75) is 19.8 Å². The summed E-state index contributed by atoms with van der Waals surface area (Å²) in [5.74, 6) is 0. The highest BCUT2D eigenvalue weighted by Gasteiger charge is 2.04. The first-order chi connectivity index (χ1) is 4.33. The van der Waals surface area contributed by atoms with Gasteiger partial charge in [-0.1, -0.05) is 18.6 Å². The molecule has 0 bridgehead atoms. The van der Waals surface area contributed by atoms with Crippen molar-refractivity contribution < 1.29 is 0 Å². The Morgan fingerprint density at radius 1 is 1.67 bits per heavy atom. The van der Waals surface area contributed by atoms with Crippen molar-refractivity contribution >= 4 is 0 Å². The lowest BCUT2D eigenvalue weighted by Gasteiger charge is -2.20. The zero-order valence-corrected chi connectivity index (χ0v) is 6.35. The van der Waals surface area contributed by atoms with Gasteiger partial charge in [-0.05, 0) is 19.9 Å². The van der Waals surface area contributed by atoms with E-state index in [1.54, 1.807) is 5.57 Å². The molecule has 0 atom stereocenters. The molecule has 1 rings (SSSR count). The van der Waals surface area contributed by atoms with Gasteiger partial charge in [0.2, 0.25) is 0 Å². The van der Waals surface area contributed by atoms with Crippen molar-refractivity contribution in [2.24, 2.45) is 0 Å². The van der Waals surface area contributed by atoms with Crippen LogP contribution in [0, 0.1) is 0 Å². The third kappa shape index (κ3) is 1.83. The largest absolute Gasteiger partial charge is 0.302 e. The zero-order valence-electron chi connectivity index (χ0n) is 6.35. The van der Waals surface area contributed by atoms with Gasteiger partial charge in [0.25, 0.3) is 0 Å². The van der Waals surface area contributed by atoms with Crippen LogP contribution < -0.4 is 0 Å². The van der Waals surface area contributed by atoms with E-state index in [9.17, 15) is 0 Å². The van der Waals surface area contributed by atoms with E-state index in [1.807, 2.05) is 0 Å². The van der Waals surface area contributed by atoms with E-state index in [0.717, 1.165) is 6.54 Å². The topological polar surface area (TPSA) is 3.24 Å². The lowest BCUT2D eigenvalue weighted by molar-refractivity contribution is 0.357. The van der Waals surface area contributed by atoms with Crippen molar-refractivity contribution in [3.05, 3.63) is 11.6 Å². The van der Waals surface area contributed by atoms with Crippen LogP contribution in [0.15, 0.2) is 11.6 Å². The molecule has 0 saturated carbocycles. The van der Waals surface area contributed by atoms with E-state index < -0.39 is 0 Å². The van der Waals surface area contributed by atoms with Crippen molar-refractivity contribution in [3.63, 3.8) is 0 Å². The fourth-order valence-electron chi connectivity index (χ4n) is 1.13. The number of nitrogens with zero attached hydrogens (tertiary/aromatic N) is 1. The van der Waals surface area contributed by atoms with Crippen LogP contribution >= 0.6 is 0 Å². The second-order valence-electron chi connectivity index (χ2n) is 2.73. The molecule has 0 aromatic rings. The Balaban J connectivity index is 2.40. The molecule has 1 heterocycles. The van der Waals surface area contributed by atoms with Gasteiger partial charge in [-0.15, -0.1) is 0 Å². The van der Waals surface area contributed by atoms with Crippen LogP contribution in [0.3, 0.4) is 0 Å². The standard InChI is InChI=1S/C8H15N/c1-3-8-4-6-9(2)7-5-8/h4H,3,5-7H2,1-2H3. The Labute approximate surface area is 57.4 Å². The Bertz CT molecular complexity index is 116. The summed E-state index contributed by atoms with van der Waals surface area (Å²) in [6.45, 7) is 4.64. The summed E-state index contributed by atoms with van der Waals surface area (Å²) in [5, 5.41) is 0. The highest BCUT2D eigenvalue weighted by Crippen LogP contribution is 2.11. The van der Waals surface area contributed by atoms with Gasteiger partial charge in [0.05, 0.1) is 0 Å². The molecule has 0 aromatic carbocycles. The monoisotopic (exact) mass is 125 g/mol. The maximum atomic E-state index is 2.35. The Hall–Kier alpha value is -0.300. The number of hydrogen-bond acceptors (Lipinski definition) is 1. The van der Waals surface area contributed by atoms with Crippen LogP contribution in [-0.4, -0.2) is 25.0 Å². The summed E-state index contributed by atoms with van der Waals surface area (Å²) in [6.07, 6.45) is 4.88. The second-order valence-corrected chi connectivity index (χ2v) is 2.73. The average Bonchev–Trinajstić information content (AvgIpc) is 1.90. The molecule has 0 saturated heterocycles. The van der Waals surface area contributed by atoms with E-state index in [1.165, 1.54) is 19.4 Å². The van der Waals surface area contributed by atoms with E-state index >= 15 is 0 Å². The van der Waals surface area contributed by atoms with E-state index in [2.05, 4.69) is 24.9 Å². The SMILES string of the molecule is CCC1=CCN(C)CC1. The minimum atomic E-state index is 1.16. The molecule has 0 radical (unpaired) electrons. The van der Waals surface area contributed by atoms with Gasteiger partial charge in [0.1, 0.15) is 0 Å². The average molecular weight is 125 g/mol. The molecule has 0 aliphatic carbocycles. The summed E-state index contributed by atoms with van der Waals surface area (Å²) in [4.78, 5) is 2.35. The third-order valence-electron chi connectivity index (χ3n) is 1.96. The molecule has 1 aliphatic rings. The summed E-state index contributed by atoms with van der Waals surface area (Å²) >= 11 is 0. The van der Waals surface area contributed by atoms with Crippen molar-refractivity contribution in [3.8, 4) is 0 Å². The zero-order chi connectivity index (χ0) is 6.69. The molecule has 9 heavy (non-hydrogen) atoms. The smallest absolute Gasteiger partial charge is 0.0162 e. The van der Waals surface area contributed by atoms with Crippen LogP contribution in [0.5, 0.6) is 0 Å².